The first-order valence-corrected chi connectivity index (χ1v) is 12.5. The van der Waals surface area contributed by atoms with Crippen LogP contribution in [-0.2, 0) is 4.79 Å². The van der Waals surface area contributed by atoms with Gasteiger partial charge in [0.05, 0.1) is 15.7 Å². The first kappa shape index (κ1) is 23.2. The van der Waals surface area contributed by atoms with Gasteiger partial charge in [0.15, 0.2) is 0 Å². The van der Waals surface area contributed by atoms with Crippen LogP contribution >= 0.6 is 23.2 Å². The average Bonchev–Trinajstić information content (AvgIpc) is 3.49. The van der Waals surface area contributed by atoms with Gasteiger partial charge in [0.25, 0.3) is 5.91 Å². The molecule has 4 rings (SSSR count). The lowest BCUT2D eigenvalue weighted by atomic mass is 9.84. The van der Waals surface area contributed by atoms with Crippen LogP contribution in [0, 0.1) is 12.8 Å². The SMILES string of the molecule is Cc1cc(Cl)c(Cl)c(N2CCN(CCC3CCC(NC(=O)C4(O)CC4)CC3)C[C@H]2C)c1. The molecule has 172 valence electrons. The molecular formula is C24H35Cl2N3O2. The van der Waals surface area contributed by atoms with Crippen LogP contribution in [0.4, 0.5) is 5.69 Å². The number of rotatable bonds is 6. The molecule has 2 aliphatic carbocycles. The summed E-state index contributed by atoms with van der Waals surface area (Å²) in [5.74, 6) is 0.577. The normalized spacial score (nSPS) is 28.4. The van der Waals surface area contributed by atoms with Crippen molar-refractivity contribution in [3.05, 3.63) is 27.7 Å². The van der Waals surface area contributed by atoms with Gasteiger partial charge in [0, 0.05) is 31.7 Å². The molecule has 3 aliphatic rings. The Morgan fingerprint density at radius 2 is 1.90 bits per heavy atom. The number of benzene rings is 1. The number of piperazine rings is 1. The highest BCUT2D eigenvalue weighted by Gasteiger charge is 2.48. The predicted molar refractivity (Wildman–Crippen MR) is 127 cm³/mol. The number of anilines is 1. The van der Waals surface area contributed by atoms with Gasteiger partial charge < -0.3 is 15.3 Å². The first-order valence-electron chi connectivity index (χ1n) is 11.7. The van der Waals surface area contributed by atoms with Crippen molar-refractivity contribution in [3.8, 4) is 0 Å². The molecule has 0 bridgehead atoms. The minimum atomic E-state index is -1.05. The number of hydrogen-bond donors (Lipinski definition) is 2. The first-order chi connectivity index (χ1) is 14.7. The summed E-state index contributed by atoms with van der Waals surface area (Å²) in [5.41, 5.74) is 1.14. The number of nitrogens with zero attached hydrogens (tertiary/aromatic N) is 2. The lowest BCUT2D eigenvalue weighted by Gasteiger charge is -2.42. The Morgan fingerprint density at radius 1 is 1.19 bits per heavy atom. The topological polar surface area (TPSA) is 55.8 Å². The third kappa shape index (κ3) is 5.50. The summed E-state index contributed by atoms with van der Waals surface area (Å²) in [6, 6.07) is 4.69. The number of hydrogen-bond acceptors (Lipinski definition) is 4. The van der Waals surface area contributed by atoms with Crippen molar-refractivity contribution in [2.24, 2.45) is 5.92 Å². The molecule has 1 saturated heterocycles. The van der Waals surface area contributed by atoms with Crippen LogP contribution in [0.3, 0.4) is 0 Å². The molecule has 1 amide bonds. The molecule has 2 saturated carbocycles. The highest BCUT2D eigenvalue weighted by atomic mass is 35.5. The van der Waals surface area contributed by atoms with Crippen molar-refractivity contribution >= 4 is 34.8 Å². The summed E-state index contributed by atoms with van der Waals surface area (Å²) in [6.45, 7) is 8.48. The van der Waals surface area contributed by atoms with Crippen molar-refractivity contribution in [2.75, 3.05) is 31.1 Å². The van der Waals surface area contributed by atoms with Crippen LogP contribution in [0.15, 0.2) is 12.1 Å². The molecule has 1 heterocycles. The number of amides is 1. The Kier molecular flexibility index (Phi) is 7.07. The van der Waals surface area contributed by atoms with Crippen molar-refractivity contribution in [3.63, 3.8) is 0 Å². The quantitative estimate of drug-likeness (QED) is 0.650. The summed E-state index contributed by atoms with van der Waals surface area (Å²) in [6.07, 6.45) is 6.83. The molecule has 0 aromatic heterocycles. The molecule has 31 heavy (non-hydrogen) atoms. The van der Waals surface area contributed by atoms with E-state index < -0.39 is 5.60 Å². The Balaban J connectivity index is 1.20. The summed E-state index contributed by atoms with van der Waals surface area (Å²) >= 11 is 12.8. The van der Waals surface area contributed by atoms with Crippen molar-refractivity contribution in [1.82, 2.24) is 10.2 Å². The van der Waals surface area contributed by atoms with E-state index in [9.17, 15) is 9.90 Å². The molecule has 0 radical (unpaired) electrons. The molecule has 0 unspecified atom stereocenters. The van der Waals surface area contributed by atoms with Crippen molar-refractivity contribution in [2.45, 2.75) is 76.5 Å². The van der Waals surface area contributed by atoms with Crippen LogP contribution in [0.25, 0.3) is 0 Å². The van der Waals surface area contributed by atoms with Gasteiger partial charge >= 0.3 is 0 Å². The molecular weight excluding hydrogens is 433 g/mol. The molecule has 5 nitrogen and oxygen atoms in total. The molecule has 1 aliphatic heterocycles. The molecule has 7 heteroatoms. The minimum Gasteiger partial charge on any atom is -0.380 e. The zero-order chi connectivity index (χ0) is 22.2. The van der Waals surface area contributed by atoms with Gasteiger partial charge in [-0.25, -0.2) is 0 Å². The second-order valence-corrected chi connectivity index (χ2v) is 10.7. The molecule has 2 N–H and O–H groups in total. The number of carbonyl (C=O) groups excluding carboxylic acids is 1. The fraction of sp³-hybridized carbons (Fsp3) is 0.708. The van der Waals surface area contributed by atoms with Crippen LogP contribution < -0.4 is 10.2 Å². The van der Waals surface area contributed by atoms with E-state index in [-0.39, 0.29) is 11.9 Å². The Bertz CT molecular complexity index is 806. The second-order valence-electron chi connectivity index (χ2n) is 9.93. The highest BCUT2D eigenvalue weighted by molar-refractivity contribution is 6.43. The molecule has 0 spiro atoms. The number of aryl methyl sites for hydroxylation is 1. The molecule has 1 atom stereocenters. The van der Waals surface area contributed by atoms with E-state index in [1.807, 2.05) is 6.07 Å². The third-order valence-corrected chi connectivity index (χ3v) is 8.15. The second kappa shape index (κ2) is 9.46. The van der Waals surface area contributed by atoms with Gasteiger partial charge in [-0.3, -0.25) is 9.69 Å². The molecule has 3 fully saturated rings. The van der Waals surface area contributed by atoms with Gasteiger partial charge in [-0.15, -0.1) is 0 Å². The summed E-state index contributed by atoms with van der Waals surface area (Å²) in [5, 5.41) is 14.3. The van der Waals surface area contributed by atoms with Gasteiger partial charge in [0.2, 0.25) is 0 Å². The van der Waals surface area contributed by atoms with Crippen LogP contribution in [0.5, 0.6) is 0 Å². The summed E-state index contributed by atoms with van der Waals surface area (Å²) in [4.78, 5) is 17.0. The highest BCUT2D eigenvalue weighted by Crippen LogP contribution is 2.37. The summed E-state index contributed by atoms with van der Waals surface area (Å²) in [7, 11) is 0. The fourth-order valence-electron chi connectivity index (χ4n) is 5.14. The number of nitrogens with one attached hydrogen (secondary N) is 1. The van der Waals surface area contributed by atoms with E-state index in [1.54, 1.807) is 0 Å². The molecule has 1 aromatic rings. The van der Waals surface area contributed by atoms with E-state index >= 15 is 0 Å². The Hall–Kier alpha value is -1.01. The molecule has 1 aromatic carbocycles. The van der Waals surface area contributed by atoms with Gasteiger partial charge in [-0.05, 0) is 89.0 Å². The van der Waals surface area contributed by atoms with Crippen molar-refractivity contribution < 1.29 is 9.90 Å². The predicted octanol–water partition coefficient (Wildman–Crippen LogP) is 4.40. The maximum absolute atomic E-state index is 12.0. The maximum Gasteiger partial charge on any atom is 0.252 e. The van der Waals surface area contributed by atoms with Crippen LogP contribution in [0.1, 0.15) is 57.4 Å². The third-order valence-electron chi connectivity index (χ3n) is 7.36. The lowest BCUT2D eigenvalue weighted by molar-refractivity contribution is -0.132. The van der Waals surface area contributed by atoms with Gasteiger partial charge in [-0.2, -0.15) is 0 Å². The van der Waals surface area contributed by atoms with E-state index in [0.29, 0.717) is 28.9 Å². The van der Waals surface area contributed by atoms with E-state index in [1.165, 1.54) is 6.42 Å². The van der Waals surface area contributed by atoms with E-state index in [2.05, 4.69) is 35.0 Å². The standard InChI is InChI=1S/C24H35Cl2N3O2/c1-16-13-20(25)22(26)21(14-16)29-12-11-28(15-17(29)2)10-7-18-3-5-19(6-4-18)27-23(30)24(31)8-9-24/h13-14,17-19,31H,3-12,15H2,1-2H3,(H,27,30)/t17-,18?,19?/m1/s1. The largest absolute Gasteiger partial charge is 0.380 e. The number of halogens is 2. The van der Waals surface area contributed by atoms with Crippen LogP contribution in [0.2, 0.25) is 10.0 Å². The zero-order valence-electron chi connectivity index (χ0n) is 18.7. The minimum absolute atomic E-state index is 0.155. The van der Waals surface area contributed by atoms with E-state index in [4.69, 9.17) is 23.2 Å². The lowest BCUT2D eigenvalue weighted by Crippen LogP contribution is -2.52. The van der Waals surface area contributed by atoms with Gasteiger partial charge in [-0.1, -0.05) is 23.2 Å². The number of carbonyl (C=O) groups is 1. The smallest absolute Gasteiger partial charge is 0.252 e. The fourth-order valence-corrected chi connectivity index (χ4v) is 5.62. The van der Waals surface area contributed by atoms with Gasteiger partial charge in [0.1, 0.15) is 5.60 Å². The monoisotopic (exact) mass is 467 g/mol. The Morgan fingerprint density at radius 3 is 2.55 bits per heavy atom. The average molecular weight is 468 g/mol. The van der Waals surface area contributed by atoms with Crippen LogP contribution in [-0.4, -0.2) is 59.8 Å². The maximum atomic E-state index is 12.0. The summed E-state index contributed by atoms with van der Waals surface area (Å²) < 4.78 is 0. The van der Waals surface area contributed by atoms with E-state index in [0.717, 1.165) is 69.0 Å². The Labute approximate surface area is 196 Å². The zero-order valence-corrected chi connectivity index (χ0v) is 20.2. The van der Waals surface area contributed by atoms with Crippen molar-refractivity contribution in [1.29, 1.82) is 0 Å². The number of aliphatic hydroxyl groups is 1.